The minimum atomic E-state index is -0.443. The third-order valence-corrected chi connectivity index (χ3v) is 4.08. The molecule has 1 atom stereocenters. The van der Waals surface area contributed by atoms with Crippen molar-refractivity contribution in [3.8, 4) is 11.5 Å². The molecule has 0 saturated carbocycles. The van der Waals surface area contributed by atoms with Gasteiger partial charge in [0.15, 0.2) is 11.5 Å². The van der Waals surface area contributed by atoms with E-state index >= 15 is 0 Å². The van der Waals surface area contributed by atoms with Crippen LogP contribution in [0.2, 0.25) is 0 Å². The molecule has 0 unspecified atom stereocenters. The van der Waals surface area contributed by atoms with Gasteiger partial charge in [0.05, 0.1) is 27.8 Å². The summed E-state index contributed by atoms with van der Waals surface area (Å²) in [7, 11) is 4.62. The summed E-state index contributed by atoms with van der Waals surface area (Å²) >= 11 is 0. The van der Waals surface area contributed by atoms with Crippen LogP contribution in [0, 0.1) is 5.92 Å². The van der Waals surface area contributed by atoms with E-state index in [1.807, 2.05) is 31.2 Å². The average Bonchev–Trinajstić information content (AvgIpc) is 2.53. The molecule has 0 N–H and O–H groups in total. The minimum Gasteiger partial charge on any atom is -0.493 e. The molecule has 1 aromatic rings. The first-order chi connectivity index (χ1) is 10.4. The summed E-state index contributed by atoms with van der Waals surface area (Å²) in [5.41, 5.74) is 0.560. The van der Waals surface area contributed by atoms with E-state index in [1.54, 1.807) is 14.2 Å². The molecule has 0 spiro atoms. The topological polar surface area (TPSA) is 44.8 Å². The fourth-order valence-corrected chi connectivity index (χ4v) is 2.72. The molecular formula is C18H26O4. The van der Waals surface area contributed by atoms with Crippen molar-refractivity contribution in [2.45, 2.75) is 32.6 Å². The zero-order chi connectivity index (χ0) is 16.8. The Kier molecular flexibility index (Phi) is 6.47. The monoisotopic (exact) mass is 306 g/mol. The van der Waals surface area contributed by atoms with Gasteiger partial charge in [0, 0.05) is 5.41 Å². The Morgan fingerprint density at radius 3 is 2.27 bits per heavy atom. The lowest BCUT2D eigenvalue weighted by atomic mass is 9.69. The number of rotatable bonds is 7. The van der Waals surface area contributed by atoms with Crippen LogP contribution in [0.3, 0.4) is 0 Å². The van der Waals surface area contributed by atoms with Crippen LogP contribution in [0.1, 0.15) is 32.8 Å². The van der Waals surface area contributed by atoms with Crippen molar-refractivity contribution in [2.75, 3.05) is 21.3 Å². The maximum absolute atomic E-state index is 11.9. The van der Waals surface area contributed by atoms with Gasteiger partial charge in [-0.15, -0.1) is 0 Å². The summed E-state index contributed by atoms with van der Waals surface area (Å²) in [4.78, 5) is 11.9. The Labute approximate surface area is 133 Å². The van der Waals surface area contributed by atoms with E-state index in [1.165, 1.54) is 7.11 Å². The third-order valence-electron chi connectivity index (χ3n) is 4.08. The Balaban J connectivity index is 3.46. The standard InChI is InChI=1S/C18H26O4/c1-7-10-18(13(2)3,12-17(19)22-6)14-8-9-15(20-4)16(11-14)21-5/h7-11,13H,12H2,1-6H3/b10-7+/t18-/m1/s1. The highest BCUT2D eigenvalue weighted by Crippen LogP contribution is 2.41. The van der Waals surface area contributed by atoms with Crippen molar-refractivity contribution in [3.05, 3.63) is 35.9 Å². The van der Waals surface area contributed by atoms with Gasteiger partial charge in [0.1, 0.15) is 0 Å². The van der Waals surface area contributed by atoms with Crippen molar-refractivity contribution in [3.63, 3.8) is 0 Å². The normalized spacial score (nSPS) is 14.0. The van der Waals surface area contributed by atoms with E-state index < -0.39 is 5.41 Å². The summed E-state index contributed by atoms with van der Waals surface area (Å²) < 4.78 is 15.6. The minimum absolute atomic E-state index is 0.209. The molecule has 0 fully saturated rings. The first-order valence-electron chi connectivity index (χ1n) is 7.38. The van der Waals surface area contributed by atoms with Crippen LogP contribution in [0.25, 0.3) is 0 Å². The molecule has 22 heavy (non-hydrogen) atoms. The highest BCUT2D eigenvalue weighted by atomic mass is 16.5. The lowest BCUT2D eigenvalue weighted by Gasteiger charge is -2.35. The van der Waals surface area contributed by atoms with Gasteiger partial charge in [-0.05, 0) is 30.5 Å². The first kappa shape index (κ1) is 18.1. The van der Waals surface area contributed by atoms with Crippen LogP contribution in [0.4, 0.5) is 0 Å². The molecule has 0 radical (unpaired) electrons. The molecule has 0 amide bonds. The number of esters is 1. The summed E-state index contributed by atoms with van der Waals surface area (Å²) in [5.74, 6) is 1.30. The molecule has 4 nitrogen and oxygen atoms in total. The van der Waals surface area contributed by atoms with E-state index in [4.69, 9.17) is 14.2 Å². The Morgan fingerprint density at radius 1 is 1.18 bits per heavy atom. The molecule has 0 aliphatic carbocycles. The molecule has 1 aromatic carbocycles. The van der Waals surface area contributed by atoms with Crippen molar-refractivity contribution >= 4 is 5.97 Å². The third kappa shape index (κ3) is 3.62. The van der Waals surface area contributed by atoms with Gasteiger partial charge in [0.2, 0.25) is 0 Å². The number of hydrogen-bond donors (Lipinski definition) is 0. The molecular weight excluding hydrogens is 280 g/mol. The quantitative estimate of drug-likeness (QED) is 0.568. The average molecular weight is 306 g/mol. The summed E-state index contributed by atoms with van der Waals surface area (Å²) in [6.45, 7) is 6.15. The Bertz CT molecular complexity index is 534. The summed E-state index contributed by atoms with van der Waals surface area (Å²) in [5, 5.41) is 0. The fourth-order valence-electron chi connectivity index (χ4n) is 2.72. The van der Waals surface area contributed by atoms with Crippen molar-refractivity contribution < 1.29 is 19.0 Å². The lowest BCUT2D eigenvalue weighted by Crippen LogP contribution is -2.33. The van der Waals surface area contributed by atoms with E-state index in [0.29, 0.717) is 11.5 Å². The smallest absolute Gasteiger partial charge is 0.306 e. The van der Waals surface area contributed by atoms with Gasteiger partial charge in [-0.1, -0.05) is 32.1 Å². The number of carbonyl (C=O) groups is 1. The van der Waals surface area contributed by atoms with E-state index in [-0.39, 0.29) is 18.3 Å². The van der Waals surface area contributed by atoms with E-state index in [2.05, 4.69) is 19.9 Å². The van der Waals surface area contributed by atoms with E-state index in [9.17, 15) is 4.79 Å². The second-order valence-corrected chi connectivity index (χ2v) is 5.52. The van der Waals surface area contributed by atoms with Crippen LogP contribution in [-0.4, -0.2) is 27.3 Å². The molecule has 0 aliphatic rings. The highest BCUT2D eigenvalue weighted by molar-refractivity contribution is 5.72. The maximum Gasteiger partial charge on any atom is 0.306 e. The van der Waals surface area contributed by atoms with Gasteiger partial charge >= 0.3 is 5.97 Å². The number of benzene rings is 1. The molecule has 1 rings (SSSR count). The molecule has 0 aromatic heterocycles. The Hall–Kier alpha value is -1.97. The Morgan fingerprint density at radius 2 is 1.82 bits per heavy atom. The number of ether oxygens (including phenoxy) is 3. The van der Waals surface area contributed by atoms with Crippen molar-refractivity contribution in [2.24, 2.45) is 5.92 Å². The molecule has 0 heterocycles. The SMILES string of the molecule is C/C=C/[C@](CC(=O)OC)(c1ccc(OC)c(OC)c1)C(C)C. The zero-order valence-electron chi connectivity index (χ0n) is 14.3. The summed E-state index contributed by atoms with van der Waals surface area (Å²) in [6, 6.07) is 5.78. The zero-order valence-corrected chi connectivity index (χ0v) is 14.3. The van der Waals surface area contributed by atoms with Crippen LogP contribution < -0.4 is 9.47 Å². The fraction of sp³-hybridized carbons (Fsp3) is 0.500. The molecule has 0 aliphatic heterocycles. The lowest BCUT2D eigenvalue weighted by molar-refractivity contribution is -0.142. The predicted octanol–water partition coefficient (Wildman–Crippen LogP) is 3.74. The molecule has 122 valence electrons. The van der Waals surface area contributed by atoms with Gasteiger partial charge < -0.3 is 14.2 Å². The second-order valence-electron chi connectivity index (χ2n) is 5.52. The van der Waals surface area contributed by atoms with Gasteiger partial charge in [-0.2, -0.15) is 0 Å². The van der Waals surface area contributed by atoms with Crippen LogP contribution in [0.15, 0.2) is 30.4 Å². The number of allylic oxidation sites excluding steroid dienone is 2. The van der Waals surface area contributed by atoms with Crippen LogP contribution >= 0.6 is 0 Å². The molecule has 4 heteroatoms. The number of methoxy groups -OCH3 is 3. The largest absolute Gasteiger partial charge is 0.493 e. The first-order valence-corrected chi connectivity index (χ1v) is 7.38. The number of carbonyl (C=O) groups excluding carboxylic acids is 1. The molecule has 0 saturated heterocycles. The van der Waals surface area contributed by atoms with E-state index in [0.717, 1.165) is 5.56 Å². The highest BCUT2D eigenvalue weighted by Gasteiger charge is 2.36. The van der Waals surface area contributed by atoms with Gasteiger partial charge in [0.25, 0.3) is 0 Å². The molecule has 0 bridgehead atoms. The second kappa shape index (κ2) is 7.87. The maximum atomic E-state index is 11.9. The number of hydrogen-bond acceptors (Lipinski definition) is 4. The van der Waals surface area contributed by atoms with Gasteiger partial charge in [-0.3, -0.25) is 4.79 Å². The van der Waals surface area contributed by atoms with Gasteiger partial charge in [-0.25, -0.2) is 0 Å². The summed E-state index contributed by atoms with van der Waals surface area (Å²) in [6.07, 6.45) is 4.32. The van der Waals surface area contributed by atoms with Crippen molar-refractivity contribution in [1.29, 1.82) is 0 Å². The van der Waals surface area contributed by atoms with Crippen molar-refractivity contribution in [1.82, 2.24) is 0 Å². The van der Waals surface area contributed by atoms with Crippen LogP contribution in [-0.2, 0) is 14.9 Å². The van der Waals surface area contributed by atoms with Crippen LogP contribution in [0.5, 0.6) is 11.5 Å². The predicted molar refractivity (Wildman–Crippen MR) is 87.5 cm³/mol.